The monoisotopic (exact) mass is 314 g/mol. The molecule has 22 heavy (non-hydrogen) atoms. The number of ether oxygens (including phenoxy) is 1. The lowest BCUT2D eigenvalue weighted by molar-refractivity contribution is -0.131. The summed E-state index contributed by atoms with van der Waals surface area (Å²) in [4.78, 5) is 9.25. The van der Waals surface area contributed by atoms with Crippen molar-refractivity contribution < 1.29 is 14.6 Å². The van der Waals surface area contributed by atoms with Gasteiger partial charge in [0.05, 0.1) is 0 Å². The molecule has 0 unspecified atom stereocenters. The summed E-state index contributed by atoms with van der Waals surface area (Å²) in [6, 6.07) is 0. The van der Waals surface area contributed by atoms with Crippen LogP contribution in [-0.4, -0.2) is 24.3 Å². The second-order valence-electron chi connectivity index (χ2n) is 5.69. The van der Waals surface area contributed by atoms with Gasteiger partial charge in [-0.1, -0.05) is 84.6 Å². The molecule has 0 atom stereocenters. The Labute approximate surface area is 138 Å². The molecule has 0 saturated carbocycles. The highest BCUT2D eigenvalue weighted by atomic mass is 16.5. The maximum atomic E-state index is 9.25. The Kier molecular flexibility index (Phi) is 23.9. The lowest BCUT2D eigenvalue weighted by Gasteiger charge is -2.04. The molecule has 0 radical (unpaired) electrons. The van der Waals surface area contributed by atoms with Crippen LogP contribution in [0.5, 0.6) is 0 Å². The van der Waals surface area contributed by atoms with Gasteiger partial charge in [-0.15, -0.1) is 0 Å². The van der Waals surface area contributed by atoms with Crippen molar-refractivity contribution in [3.8, 4) is 0 Å². The van der Waals surface area contributed by atoms with Crippen molar-refractivity contribution in [3.63, 3.8) is 0 Å². The summed E-state index contributed by atoms with van der Waals surface area (Å²) >= 11 is 0. The van der Waals surface area contributed by atoms with Gasteiger partial charge in [-0.3, -0.25) is 0 Å². The van der Waals surface area contributed by atoms with Crippen LogP contribution < -0.4 is 0 Å². The predicted molar refractivity (Wildman–Crippen MR) is 95.4 cm³/mol. The van der Waals surface area contributed by atoms with Crippen molar-refractivity contribution in [1.29, 1.82) is 0 Å². The maximum Gasteiger partial charge on any atom is 0.327 e. The quantitative estimate of drug-likeness (QED) is 0.299. The van der Waals surface area contributed by atoms with E-state index in [0.717, 1.165) is 19.3 Å². The van der Waals surface area contributed by atoms with Gasteiger partial charge in [0.1, 0.15) is 0 Å². The summed E-state index contributed by atoms with van der Waals surface area (Å²) in [5.41, 5.74) is 0. The number of hydrogen-bond donors (Lipinski definition) is 1. The molecule has 3 nitrogen and oxygen atoms in total. The normalized spacial score (nSPS) is 9.91. The minimum Gasteiger partial charge on any atom is -0.478 e. The van der Waals surface area contributed by atoms with Gasteiger partial charge < -0.3 is 9.84 Å². The van der Waals surface area contributed by atoms with Crippen LogP contribution in [0.4, 0.5) is 0 Å². The minimum atomic E-state index is -0.981. The highest BCUT2D eigenvalue weighted by Gasteiger charge is 1.92. The number of carboxylic acids is 1. The lowest BCUT2D eigenvalue weighted by atomic mass is 10.1. The van der Waals surface area contributed by atoms with E-state index in [1.807, 2.05) is 0 Å². The molecule has 0 spiro atoms. The molecule has 132 valence electrons. The summed E-state index contributed by atoms with van der Waals surface area (Å²) in [5.74, 6) is -0.981. The van der Waals surface area contributed by atoms with Crippen molar-refractivity contribution in [1.82, 2.24) is 0 Å². The molecule has 0 aromatic rings. The molecular formula is C19H38O3. The van der Waals surface area contributed by atoms with E-state index < -0.39 is 5.97 Å². The molecule has 3 heteroatoms. The van der Waals surface area contributed by atoms with E-state index in [9.17, 15) is 4.79 Å². The molecule has 0 aliphatic heterocycles. The van der Waals surface area contributed by atoms with E-state index in [-0.39, 0.29) is 0 Å². The van der Waals surface area contributed by atoms with Crippen LogP contribution in [0.3, 0.4) is 0 Å². The summed E-state index contributed by atoms with van der Waals surface area (Å²) in [6.07, 6.45) is 17.2. The van der Waals surface area contributed by atoms with E-state index in [2.05, 4.69) is 20.4 Å². The van der Waals surface area contributed by atoms with Crippen LogP contribution >= 0.6 is 0 Å². The molecule has 0 aromatic heterocycles. The fourth-order valence-electron chi connectivity index (χ4n) is 2.07. The Morgan fingerprint density at radius 2 is 1.14 bits per heavy atom. The van der Waals surface area contributed by atoms with Crippen molar-refractivity contribution in [2.75, 3.05) is 13.2 Å². The molecule has 0 aromatic carbocycles. The Morgan fingerprint density at radius 1 is 0.818 bits per heavy atom. The first kappa shape index (κ1) is 23.4. The number of carbonyl (C=O) groups is 1. The van der Waals surface area contributed by atoms with Crippen LogP contribution in [0.15, 0.2) is 12.7 Å². The second-order valence-corrected chi connectivity index (χ2v) is 5.69. The van der Waals surface area contributed by atoms with Crippen molar-refractivity contribution >= 4 is 5.97 Å². The average molecular weight is 315 g/mol. The molecule has 0 rings (SSSR count). The van der Waals surface area contributed by atoms with E-state index in [0.29, 0.717) is 0 Å². The lowest BCUT2D eigenvalue weighted by Crippen LogP contribution is -1.97. The zero-order chi connectivity index (χ0) is 16.9. The van der Waals surface area contributed by atoms with Crippen LogP contribution in [0.2, 0.25) is 0 Å². The van der Waals surface area contributed by atoms with Crippen molar-refractivity contribution in [2.24, 2.45) is 0 Å². The zero-order valence-corrected chi connectivity index (χ0v) is 14.9. The topological polar surface area (TPSA) is 46.5 Å². The standard InChI is InChI=1S/C16H34O.C3H4O2/c1-3-5-7-9-11-13-15-17-16-14-12-10-8-6-4-2;1-2-3(4)5/h3-16H2,1-2H3;2H,1H2,(H,4,5). The Balaban J connectivity index is 0. The molecule has 0 bridgehead atoms. The minimum absolute atomic E-state index is 0.833. The number of unbranched alkanes of at least 4 members (excludes halogenated alkanes) is 10. The zero-order valence-electron chi connectivity index (χ0n) is 14.9. The second kappa shape index (κ2) is 22.5. The van der Waals surface area contributed by atoms with Gasteiger partial charge in [-0.25, -0.2) is 4.79 Å². The predicted octanol–water partition coefficient (Wildman–Crippen LogP) is 5.98. The van der Waals surface area contributed by atoms with Gasteiger partial charge in [0, 0.05) is 19.3 Å². The third-order valence-corrected chi connectivity index (χ3v) is 3.46. The van der Waals surface area contributed by atoms with Crippen molar-refractivity contribution in [3.05, 3.63) is 12.7 Å². The maximum absolute atomic E-state index is 9.25. The molecule has 0 amide bonds. The largest absolute Gasteiger partial charge is 0.478 e. The highest BCUT2D eigenvalue weighted by molar-refractivity contribution is 5.78. The summed E-state index contributed by atoms with van der Waals surface area (Å²) in [6.45, 7) is 9.47. The van der Waals surface area contributed by atoms with Gasteiger partial charge >= 0.3 is 5.97 Å². The number of rotatable bonds is 15. The van der Waals surface area contributed by atoms with Crippen molar-refractivity contribution in [2.45, 2.75) is 90.9 Å². The van der Waals surface area contributed by atoms with Crippen LogP contribution in [-0.2, 0) is 9.53 Å². The molecule has 0 saturated heterocycles. The Morgan fingerprint density at radius 3 is 1.45 bits per heavy atom. The van der Waals surface area contributed by atoms with E-state index in [1.165, 1.54) is 77.0 Å². The first-order valence-electron chi connectivity index (χ1n) is 9.12. The number of aliphatic carboxylic acids is 1. The summed E-state index contributed by atoms with van der Waals surface area (Å²) < 4.78 is 5.65. The summed E-state index contributed by atoms with van der Waals surface area (Å²) in [5, 5.41) is 7.60. The third-order valence-electron chi connectivity index (χ3n) is 3.46. The molecule has 0 heterocycles. The number of carboxylic acid groups (broad SMARTS) is 1. The van der Waals surface area contributed by atoms with Gasteiger partial charge in [-0.05, 0) is 12.8 Å². The Hall–Kier alpha value is -0.830. The fourth-order valence-corrected chi connectivity index (χ4v) is 2.07. The van der Waals surface area contributed by atoms with Gasteiger partial charge in [0.25, 0.3) is 0 Å². The molecule has 1 N–H and O–H groups in total. The highest BCUT2D eigenvalue weighted by Crippen LogP contribution is 2.06. The smallest absolute Gasteiger partial charge is 0.327 e. The van der Waals surface area contributed by atoms with E-state index in [4.69, 9.17) is 9.84 Å². The summed E-state index contributed by atoms with van der Waals surface area (Å²) in [7, 11) is 0. The number of hydrogen-bond acceptors (Lipinski definition) is 2. The van der Waals surface area contributed by atoms with Crippen LogP contribution in [0.25, 0.3) is 0 Å². The Bertz CT molecular complexity index is 213. The fraction of sp³-hybridized carbons (Fsp3) is 0.842. The first-order chi connectivity index (χ1) is 10.7. The molecule has 0 aliphatic rings. The first-order valence-corrected chi connectivity index (χ1v) is 9.12. The van der Waals surface area contributed by atoms with Gasteiger partial charge in [-0.2, -0.15) is 0 Å². The molecule has 0 fully saturated rings. The van der Waals surface area contributed by atoms with E-state index in [1.54, 1.807) is 0 Å². The molecular weight excluding hydrogens is 276 g/mol. The average Bonchev–Trinajstić information content (AvgIpc) is 2.52. The van der Waals surface area contributed by atoms with Gasteiger partial charge in [0.15, 0.2) is 0 Å². The SMILES string of the molecule is C=CC(=O)O.CCCCCCCCOCCCCCCCC. The van der Waals surface area contributed by atoms with Crippen LogP contribution in [0.1, 0.15) is 90.9 Å². The van der Waals surface area contributed by atoms with E-state index >= 15 is 0 Å². The molecule has 0 aliphatic carbocycles. The van der Waals surface area contributed by atoms with Gasteiger partial charge in [0.2, 0.25) is 0 Å². The third kappa shape index (κ3) is 27.5. The van der Waals surface area contributed by atoms with Crippen LogP contribution in [0, 0.1) is 0 Å².